The maximum atomic E-state index is 12.4. The largest absolute Gasteiger partial charge is 0.399 e. The predicted molar refractivity (Wildman–Crippen MR) is 89.0 cm³/mol. The fourth-order valence-electron chi connectivity index (χ4n) is 2.23. The highest BCUT2D eigenvalue weighted by Gasteiger charge is 2.29. The van der Waals surface area contributed by atoms with Crippen molar-refractivity contribution in [3.05, 3.63) is 24.3 Å². The van der Waals surface area contributed by atoms with Crippen LogP contribution in [0.25, 0.3) is 0 Å². The number of hydrogen-bond donors (Lipinski definition) is 1. The Bertz CT molecular complexity index is 560. The van der Waals surface area contributed by atoms with Gasteiger partial charge in [0.05, 0.1) is 5.75 Å². The number of nitrogen functional groups attached to an aromatic ring is 1. The van der Waals surface area contributed by atoms with E-state index in [1.807, 2.05) is 31.3 Å². The summed E-state index contributed by atoms with van der Waals surface area (Å²) >= 11 is 1.55. The van der Waals surface area contributed by atoms with Gasteiger partial charge in [0.1, 0.15) is 0 Å². The first-order chi connectivity index (χ1) is 9.88. The molecule has 1 aromatic rings. The SMILES string of the molecule is CC1CN(S(=O)(=O)CCSc2ccc(N)cc2)CCN1C. The Hall–Kier alpha value is -0.760. The number of rotatable bonds is 5. The standard InChI is InChI=1S/C14H23N3O2S2/c1-12-11-17(8-7-16(12)2)21(18,19)10-9-20-14-5-3-13(15)4-6-14/h3-6,12H,7-11,15H2,1-2H3. The second-order valence-electron chi connectivity index (χ2n) is 5.42. The van der Waals surface area contributed by atoms with E-state index in [1.54, 1.807) is 16.1 Å². The van der Waals surface area contributed by atoms with E-state index in [0.29, 0.717) is 18.8 Å². The maximum Gasteiger partial charge on any atom is 0.215 e. The van der Waals surface area contributed by atoms with Gasteiger partial charge in [0.15, 0.2) is 0 Å². The zero-order valence-corrected chi connectivity index (χ0v) is 14.2. The van der Waals surface area contributed by atoms with Gasteiger partial charge in [-0.25, -0.2) is 8.42 Å². The molecule has 118 valence electrons. The molecule has 1 aliphatic heterocycles. The molecule has 5 nitrogen and oxygen atoms in total. The van der Waals surface area contributed by atoms with Gasteiger partial charge in [-0.2, -0.15) is 4.31 Å². The Balaban J connectivity index is 1.85. The van der Waals surface area contributed by atoms with Crippen LogP contribution in [0.15, 0.2) is 29.2 Å². The van der Waals surface area contributed by atoms with Gasteiger partial charge in [-0.05, 0) is 38.2 Å². The van der Waals surface area contributed by atoms with Crippen LogP contribution in [0.3, 0.4) is 0 Å². The highest BCUT2D eigenvalue weighted by molar-refractivity contribution is 8.00. The van der Waals surface area contributed by atoms with Crippen molar-refractivity contribution in [2.24, 2.45) is 0 Å². The van der Waals surface area contributed by atoms with E-state index in [-0.39, 0.29) is 11.8 Å². The van der Waals surface area contributed by atoms with Gasteiger partial charge in [0, 0.05) is 42.0 Å². The van der Waals surface area contributed by atoms with Crippen LogP contribution in [-0.2, 0) is 10.0 Å². The fourth-order valence-corrected chi connectivity index (χ4v) is 5.03. The van der Waals surface area contributed by atoms with Crippen LogP contribution >= 0.6 is 11.8 Å². The normalized spacial score (nSPS) is 21.5. The number of thioether (sulfide) groups is 1. The minimum absolute atomic E-state index is 0.179. The number of nitrogens with two attached hydrogens (primary N) is 1. The Morgan fingerprint density at radius 2 is 1.95 bits per heavy atom. The van der Waals surface area contributed by atoms with Gasteiger partial charge >= 0.3 is 0 Å². The third-order valence-corrected chi connectivity index (χ3v) is 6.92. The number of piperazine rings is 1. The monoisotopic (exact) mass is 329 g/mol. The van der Waals surface area contributed by atoms with Crippen LogP contribution in [0.5, 0.6) is 0 Å². The van der Waals surface area contributed by atoms with Crippen LogP contribution < -0.4 is 5.73 Å². The average molecular weight is 329 g/mol. The van der Waals surface area contributed by atoms with Crippen molar-refractivity contribution in [1.82, 2.24) is 9.21 Å². The Morgan fingerprint density at radius 1 is 1.29 bits per heavy atom. The molecule has 2 rings (SSSR count). The lowest BCUT2D eigenvalue weighted by atomic mass is 10.2. The van der Waals surface area contributed by atoms with Crippen LogP contribution in [0.4, 0.5) is 5.69 Å². The van der Waals surface area contributed by atoms with Crippen molar-refractivity contribution < 1.29 is 8.42 Å². The molecule has 0 amide bonds. The van der Waals surface area contributed by atoms with E-state index >= 15 is 0 Å². The van der Waals surface area contributed by atoms with Gasteiger partial charge in [-0.1, -0.05) is 0 Å². The molecule has 1 heterocycles. The summed E-state index contributed by atoms with van der Waals surface area (Å²) in [6.45, 7) is 4.04. The third-order valence-electron chi connectivity index (χ3n) is 3.81. The lowest BCUT2D eigenvalue weighted by Crippen LogP contribution is -2.52. The average Bonchev–Trinajstić information content (AvgIpc) is 2.44. The molecule has 2 N–H and O–H groups in total. The molecule has 7 heteroatoms. The fraction of sp³-hybridized carbons (Fsp3) is 0.571. The third kappa shape index (κ3) is 4.60. The Kier molecular flexibility index (Phi) is 5.54. The van der Waals surface area contributed by atoms with Crippen LogP contribution in [0, 0.1) is 0 Å². The molecule has 1 saturated heterocycles. The molecule has 1 aromatic carbocycles. The number of anilines is 1. The van der Waals surface area contributed by atoms with Gasteiger partial charge in [-0.15, -0.1) is 11.8 Å². The van der Waals surface area contributed by atoms with Gasteiger partial charge in [0.2, 0.25) is 10.0 Å². The van der Waals surface area contributed by atoms with E-state index in [4.69, 9.17) is 5.73 Å². The quantitative estimate of drug-likeness (QED) is 0.652. The molecule has 1 fully saturated rings. The lowest BCUT2D eigenvalue weighted by Gasteiger charge is -2.36. The van der Waals surface area contributed by atoms with E-state index < -0.39 is 10.0 Å². The zero-order chi connectivity index (χ0) is 15.5. The summed E-state index contributed by atoms with van der Waals surface area (Å²) in [4.78, 5) is 3.24. The second-order valence-corrected chi connectivity index (χ2v) is 8.68. The zero-order valence-electron chi connectivity index (χ0n) is 12.5. The van der Waals surface area contributed by atoms with Crippen molar-refractivity contribution in [2.75, 3.05) is 43.9 Å². The minimum Gasteiger partial charge on any atom is -0.399 e. The van der Waals surface area contributed by atoms with E-state index in [1.165, 1.54) is 0 Å². The van der Waals surface area contributed by atoms with Crippen molar-refractivity contribution >= 4 is 27.5 Å². The molecule has 1 unspecified atom stereocenters. The topological polar surface area (TPSA) is 66.6 Å². The summed E-state index contributed by atoms with van der Waals surface area (Å²) in [5.74, 6) is 0.742. The maximum absolute atomic E-state index is 12.4. The van der Waals surface area contributed by atoms with Crippen LogP contribution in [-0.4, -0.2) is 61.9 Å². The lowest BCUT2D eigenvalue weighted by molar-refractivity contribution is 0.160. The molecular weight excluding hydrogens is 306 g/mol. The number of likely N-dealkylation sites (N-methyl/N-ethyl adjacent to an activating group) is 1. The van der Waals surface area contributed by atoms with Gasteiger partial charge < -0.3 is 10.6 Å². The summed E-state index contributed by atoms with van der Waals surface area (Å²) in [6, 6.07) is 7.78. The molecular formula is C14H23N3O2S2. The second kappa shape index (κ2) is 7.00. The van der Waals surface area contributed by atoms with Crippen molar-refractivity contribution in [3.63, 3.8) is 0 Å². The van der Waals surface area contributed by atoms with Crippen molar-refractivity contribution in [3.8, 4) is 0 Å². The minimum atomic E-state index is -3.16. The summed E-state index contributed by atoms with van der Waals surface area (Å²) in [5, 5.41) is 0. The Labute approximate surface area is 131 Å². The number of nitrogens with zero attached hydrogens (tertiary/aromatic N) is 2. The molecule has 0 spiro atoms. The highest BCUT2D eigenvalue weighted by Crippen LogP contribution is 2.20. The molecule has 21 heavy (non-hydrogen) atoms. The first kappa shape index (κ1) is 16.6. The predicted octanol–water partition coefficient (Wildman–Crippen LogP) is 1.33. The van der Waals surface area contributed by atoms with Crippen molar-refractivity contribution in [2.45, 2.75) is 17.9 Å². The molecule has 0 bridgehead atoms. The molecule has 0 aromatic heterocycles. The van der Waals surface area contributed by atoms with E-state index in [2.05, 4.69) is 11.8 Å². The molecule has 0 radical (unpaired) electrons. The highest BCUT2D eigenvalue weighted by atomic mass is 32.2. The summed E-state index contributed by atoms with van der Waals surface area (Å²) in [7, 11) is -1.12. The summed E-state index contributed by atoms with van der Waals surface area (Å²) in [6.07, 6.45) is 0. The summed E-state index contributed by atoms with van der Waals surface area (Å²) < 4.78 is 26.3. The van der Waals surface area contributed by atoms with Crippen LogP contribution in [0.2, 0.25) is 0 Å². The van der Waals surface area contributed by atoms with E-state index in [9.17, 15) is 8.42 Å². The number of hydrogen-bond acceptors (Lipinski definition) is 5. The molecule has 1 aliphatic rings. The van der Waals surface area contributed by atoms with E-state index in [0.717, 1.165) is 17.1 Å². The smallest absolute Gasteiger partial charge is 0.215 e. The number of benzene rings is 1. The van der Waals surface area contributed by atoms with Crippen LogP contribution in [0.1, 0.15) is 6.92 Å². The summed E-state index contributed by atoms with van der Waals surface area (Å²) in [5.41, 5.74) is 6.35. The molecule has 0 saturated carbocycles. The van der Waals surface area contributed by atoms with Gasteiger partial charge in [0.25, 0.3) is 0 Å². The van der Waals surface area contributed by atoms with Crippen molar-refractivity contribution in [1.29, 1.82) is 0 Å². The van der Waals surface area contributed by atoms with Gasteiger partial charge in [-0.3, -0.25) is 0 Å². The number of sulfonamides is 1. The molecule has 1 atom stereocenters. The first-order valence-electron chi connectivity index (χ1n) is 7.05. The Morgan fingerprint density at radius 3 is 2.57 bits per heavy atom. The first-order valence-corrected chi connectivity index (χ1v) is 9.64. The molecule has 0 aliphatic carbocycles.